The van der Waals surface area contributed by atoms with Gasteiger partial charge in [0.1, 0.15) is 23.2 Å². The van der Waals surface area contributed by atoms with Gasteiger partial charge in [-0.05, 0) is 63.3 Å². The fraction of sp³-hybridized carbons (Fsp3) is 0.486. The minimum absolute atomic E-state index is 0.0466. The van der Waals surface area contributed by atoms with Crippen LogP contribution in [0.1, 0.15) is 71.8 Å². The average molecular weight is 671 g/mol. The minimum atomic E-state index is -1.44. The SMILES string of the molecule is CC(C)(C)OC(=O)N[C@H]1CCCCC/C=C\[C@@H]2C[C@]2(C(=O)O)NC(=O)[C@@H]2C[C@H](n3nnc(-c4cncc(-c5ccccc5)c4)n3)CN2C1=O. The molecule has 1 aromatic carbocycles. The highest BCUT2D eigenvalue weighted by atomic mass is 16.6. The fourth-order valence-corrected chi connectivity index (χ4v) is 6.54. The lowest BCUT2D eigenvalue weighted by Gasteiger charge is -2.30. The van der Waals surface area contributed by atoms with Crippen molar-refractivity contribution in [1.82, 2.24) is 40.7 Å². The van der Waals surface area contributed by atoms with E-state index in [0.29, 0.717) is 24.2 Å². The lowest BCUT2D eigenvalue weighted by molar-refractivity contribution is -0.145. The maximum Gasteiger partial charge on any atom is 0.408 e. The molecule has 0 unspecified atom stereocenters. The Hall–Kier alpha value is -5.14. The lowest BCUT2D eigenvalue weighted by Crippen LogP contribution is -2.56. The molecule has 14 nitrogen and oxygen atoms in total. The number of amides is 3. The number of carboxylic acids is 1. The largest absolute Gasteiger partial charge is 0.479 e. The van der Waals surface area contributed by atoms with Crippen molar-refractivity contribution in [3.8, 4) is 22.5 Å². The molecule has 3 amide bonds. The van der Waals surface area contributed by atoms with E-state index < -0.39 is 53.1 Å². The van der Waals surface area contributed by atoms with Crippen molar-refractivity contribution in [3.05, 3.63) is 60.9 Å². The first-order chi connectivity index (χ1) is 23.4. The van der Waals surface area contributed by atoms with Crippen molar-refractivity contribution >= 4 is 23.9 Å². The molecule has 1 aliphatic carbocycles. The van der Waals surface area contributed by atoms with E-state index in [1.807, 2.05) is 48.6 Å². The highest BCUT2D eigenvalue weighted by molar-refractivity contribution is 5.96. The molecule has 1 saturated carbocycles. The first-order valence-corrected chi connectivity index (χ1v) is 16.8. The van der Waals surface area contributed by atoms with Crippen LogP contribution in [0.25, 0.3) is 22.5 Å². The van der Waals surface area contributed by atoms with Gasteiger partial charge in [-0.2, -0.15) is 4.80 Å². The zero-order valence-corrected chi connectivity index (χ0v) is 27.9. The Morgan fingerprint density at radius 3 is 2.59 bits per heavy atom. The van der Waals surface area contributed by atoms with Gasteiger partial charge in [0.15, 0.2) is 0 Å². The van der Waals surface area contributed by atoms with Crippen molar-refractivity contribution in [2.75, 3.05) is 6.54 Å². The van der Waals surface area contributed by atoms with Crippen molar-refractivity contribution in [1.29, 1.82) is 0 Å². The summed E-state index contributed by atoms with van der Waals surface area (Å²) < 4.78 is 5.47. The molecule has 2 aromatic heterocycles. The Labute approximate surface area is 284 Å². The smallest absolute Gasteiger partial charge is 0.408 e. The van der Waals surface area contributed by atoms with Crippen molar-refractivity contribution in [3.63, 3.8) is 0 Å². The molecule has 0 bridgehead atoms. The standard InChI is InChI=1S/C35H42N8O6/c1-34(2,3)49-33(48)37-27-15-11-6-4-5-10-14-25-18-35(25,32(46)47)38-30(44)28-17-26(21-42(28)31(27)45)43-40-29(39-41-43)24-16-23(19-36-20-24)22-12-8-7-9-13-22/h7-10,12-14,16,19-20,25-28H,4-6,11,15,17-18,21H2,1-3H3,(H,37,48)(H,38,44)(H,46,47)/b14-10-/t25-,26+,27+,28+,35+/m1/s1. The van der Waals surface area contributed by atoms with Crippen LogP contribution in [-0.4, -0.2) is 88.8 Å². The van der Waals surface area contributed by atoms with Crippen molar-refractivity contribution in [2.24, 2.45) is 5.92 Å². The molecule has 14 heteroatoms. The number of nitrogens with zero attached hydrogens (tertiary/aromatic N) is 6. The minimum Gasteiger partial charge on any atom is -0.479 e. The Bertz CT molecular complexity index is 1740. The first-order valence-electron chi connectivity index (χ1n) is 16.8. The molecule has 0 radical (unpaired) electrons. The summed E-state index contributed by atoms with van der Waals surface area (Å²) in [6.45, 7) is 5.26. The molecule has 2 aliphatic heterocycles. The van der Waals surface area contributed by atoms with Crippen molar-refractivity contribution in [2.45, 2.75) is 95.0 Å². The number of hydrogen-bond donors (Lipinski definition) is 3. The summed E-state index contributed by atoms with van der Waals surface area (Å²) >= 11 is 0. The highest BCUT2D eigenvalue weighted by Gasteiger charge is 2.61. The second-order valence-corrected chi connectivity index (χ2v) is 14.0. The van der Waals surface area contributed by atoms with Crippen LogP contribution in [0, 0.1) is 5.92 Å². The second kappa shape index (κ2) is 13.8. The van der Waals surface area contributed by atoms with E-state index in [2.05, 4.69) is 31.0 Å². The normalized spacial score (nSPS) is 26.7. The van der Waals surface area contributed by atoms with E-state index in [0.717, 1.165) is 30.4 Å². The molecular formula is C35H42N8O6. The fourth-order valence-electron chi connectivity index (χ4n) is 6.54. The molecular weight excluding hydrogens is 628 g/mol. The zero-order valence-electron chi connectivity index (χ0n) is 27.9. The number of carbonyl (C=O) groups excluding carboxylic acids is 3. The summed E-state index contributed by atoms with van der Waals surface area (Å²) in [4.78, 5) is 60.6. The molecule has 3 aliphatic rings. The van der Waals surface area contributed by atoms with Crippen LogP contribution in [0.4, 0.5) is 4.79 Å². The van der Waals surface area contributed by atoms with Gasteiger partial charge in [-0.25, -0.2) is 9.59 Å². The number of tetrazole rings is 1. The van der Waals surface area contributed by atoms with Gasteiger partial charge in [0.2, 0.25) is 17.6 Å². The Morgan fingerprint density at radius 1 is 1.06 bits per heavy atom. The molecule has 258 valence electrons. The Balaban J connectivity index is 1.29. The molecule has 0 spiro atoms. The predicted octanol–water partition coefficient (Wildman–Crippen LogP) is 3.92. The third-order valence-electron chi connectivity index (χ3n) is 9.19. The molecule has 4 heterocycles. The quantitative estimate of drug-likeness (QED) is 0.337. The number of ether oxygens (including phenoxy) is 1. The predicted molar refractivity (Wildman–Crippen MR) is 178 cm³/mol. The third kappa shape index (κ3) is 7.63. The van der Waals surface area contributed by atoms with E-state index in [4.69, 9.17) is 4.74 Å². The van der Waals surface area contributed by atoms with Crippen LogP contribution in [0.15, 0.2) is 60.9 Å². The Kier molecular flexibility index (Phi) is 9.48. The second-order valence-electron chi connectivity index (χ2n) is 14.0. The van der Waals surface area contributed by atoms with Gasteiger partial charge in [-0.15, -0.1) is 10.2 Å². The van der Waals surface area contributed by atoms with Gasteiger partial charge in [-0.3, -0.25) is 14.6 Å². The number of alkyl carbamates (subject to hydrolysis) is 1. The monoisotopic (exact) mass is 670 g/mol. The first kappa shape index (κ1) is 33.7. The van der Waals surface area contributed by atoms with Gasteiger partial charge in [-0.1, -0.05) is 55.3 Å². The molecule has 5 atom stereocenters. The number of pyridine rings is 1. The van der Waals surface area contributed by atoms with Crippen LogP contribution in [-0.2, 0) is 19.1 Å². The van der Waals surface area contributed by atoms with Crippen LogP contribution in [0.5, 0.6) is 0 Å². The van der Waals surface area contributed by atoms with E-state index >= 15 is 0 Å². The van der Waals surface area contributed by atoms with Crippen LogP contribution < -0.4 is 10.6 Å². The summed E-state index contributed by atoms with van der Waals surface area (Å²) in [5.41, 5.74) is 0.291. The van der Waals surface area contributed by atoms with Gasteiger partial charge in [0.05, 0.1) is 6.04 Å². The van der Waals surface area contributed by atoms with Crippen molar-refractivity contribution < 1.29 is 29.0 Å². The van der Waals surface area contributed by atoms with Crippen LogP contribution in [0.3, 0.4) is 0 Å². The number of allylic oxidation sites excluding steroid dienone is 1. The number of nitrogens with one attached hydrogen (secondary N) is 2. The van der Waals surface area contributed by atoms with Gasteiger partial charge >= 0.3 is 12.1 Å². The van der Waals surface area contributed by atoms with E-state index in [1.165, 1.54) is 9.70 Å². The summed E-state index contributed by atoms with van der Waals surface area (Å²) in [5.74, 6) is -2.18. The number of aliphatic carboxylic acids is 1. The number of aromatic nitrogens is 5. The summed E-state index contributed by atoms with van der Waals surface area (Å²) in [7, 11) is 0. The number of fused-ring (bicyclic) bond motifs is 2. The third-order valence-corrected chi connectivity index (χ3v) is 9.19. The van der Waals surface area contributed by atoms with E-state index in [1.54, 1.807) is 33.2 Å². The lowest BCUT2D eigenvalue weighted by atomic mass is 10.0. The van der Waals surface area contributed by atoms with Crippen LogP contribution >= 0.6 is 0 Å². The van der Waals surface area contributed by atoms with E-state index in [9.17, 15) is 24.3 Å². The van der Waals surface area contributed by atoms with Crippen LogP contribution in [0.2, 0.25) is 0 Å². The summed E-state index contributed by atoms with van der Waals surface area (Å²) in [6.07, 6.45) is 10.2. The molecule has 3 N–H and O–H groups in total. The Morgan fingerprint density at radius 2 is 1.84 bits per heavy atom. The highest BCUT2D eigenvalue weighted by Crippen LogP contribution is 2.45. The molecule has 3 aromatic rings. The number of benzene rings is 1. The number of carbonyl (C=O) groups is 4. The number of rotatable bonds is 5. The maximum absolute atomic E-state index is 14.3. The maximum atomic E-state index is 14.3. The molecule has 2 fully saturated rings. The molecule has 1 saturated heterocycles. The summed E-state index contributed by atoms with van der Waals surface area (Å²) in [5, 5.41) is 28.8. The number of hydrogen-bond acceptors (Lipinski definition) is 9. The van der Waals surface area contributed by atoms with Gasteiger partial charge < -0.3 is 25.4 Å². The topological polar surface area (TPSA) is 182 Å². The molecule has 49 heavy (non-hydrogen) atoms. The molecule has 6 rings (SSSR count). The number of carboxylic acid groups (broad SMARTS) is 1. The van der Waals surface area contributed by atoms with E-state index in [-0.39, 0.29) is 25.3 Å². The average Bonchev–Trinajstić information content (AvgIpc) is 3.38. The van der Waals surface area contributed by atoms with Gasteiger partial charge in [0.25, 0.3) is 0 Å². The zero-order chi connectivity index (χ0) is 34.8. The van der Waals surface area contributed by atoms with Gasteiger partial charge in [0, 0.05) is 42.4 Å². The summed E-state index contributed by atoms with van der Waals surface area (Å²) in [6, 6.07) is 9.14.